The lowest BCUT2D eigenvalue weighted by molar-refractivity contribution is -0.145. The van der Waals surface area contributed by atoms with Crippen LogP contribution in [0.1, 0.15) is 98.0 Å². The number of carboxylic acid groups (broad SMARTS) is 1. The number of pyridine rings is 1. The molecule has 12 nitrogen and oxygen atoms in total. The first-order valence-electron chi connectivity index (χ1n) is 14.7. The van der Waals surface area contributed by atoms with E-state index in [1.165, 1.54) is 13.1 Å². The first kappa shape index (κ1) is 33.8. The number of hydrogen-bond donors (Lipinski definition) is 3. The largest absolute Gasteiger partial charge is 0.491 e. The van der Waals surface area contributed by atoms with Crippen molar-refractivity contribution in [3.05, 3.63) is 46.3 Å². The molecule has 1 aromatic heterocycles. The normalized spacial score (nSPS) is 13.1. The maximum Gasteiger partial charge on any atom is 0.344 e. The first-order chi connectivity index (χ1) is 20.9. The monoisotopic (exact) mass is 607 g/mol. The Morgan fingerprint density at radius 1 is 1.18 bits per heavy atom. The first-order valence-corrected chi connectivity index (χ1v) is 14.7. The lowest BCUT2D eigenvalue weighted by Crippen LogP contribution is -2.31. The van der Waals surface area contributed by atoms with Gasteiger partial charge in [0.2, 0.25) is 0 Å². The van der Waals surface area contributed by atoms with E-state index in [-0.39, 0.29) is 61.3 Å². The van der Waals surface area contributed by atoms with Crippen LogP contribution >= 0.6 is 0 Å². The highest BCUT2D eigenvalue weighted by Gasteiger charge is 2.33. The molecule has 0 fully saturated rings. The minimum atomic E-state index is -1.11. The van der Waals surface area contributed by atoms with Gasteiger partial charge in [-0.3, -0.25) is 15.0 Å². The summed E-state index contributed by atoms with van der Waals surface area (Å²) in [5.74, 6) is -1.06. The van der Waals surface area contributed by atoms with Crippen LogP contribution in [0.3, 0.4) is 0 Å². The predicted octanol–water partition coefficient (Wildman–Crippen LogP) is 4.48. The number of carbonyl (C=O) groups is 3. The van der Waals surface area contributed by atoms with Gasteiger partial charge in [-0.05, 0) is 43.4 Å². The van der Waals surface area contributed by atoms with Gasteiger partial charge in [0, 0.05) is 36.7 Å². The second kappa shape index (κ2) is 14.7. The van der Waals surface area contributed by atoms with E-state index in [2.05, 4.69) is 16.4 Å². The zero-order valence-electron chi connectivity index (χ0n) is 26.2. The molecule has 0 saturated heterocycles. The van der Waals surface area contributed by atoms with Crippen LogP contribution in [0.15, 0.2) is 18.2 Å². The number of nitriles is 1. The Morgan fingerprint density at radius 2 is 1.91 bits per heavy atom. The van der Waals surface area contributed by atoms with Crippen molar-refractivity contribution < 1.29 is 33.7 Å². The molecule has 1 atom stereocenters. The van der Waals surface area contributed by atoms with Crippen molar-refractivity contribution in [1.82, 2.24) is 15.2 Å². The summed E-state index contributed by atoms with van der Waals surface area (Å²) in [5, 5.41) is 30.0. The number of nitrogens with one attached hydrogen (secondary N) is 2. The topological polar surface area (TPSA) is 175 Å². The van der Waals surface area contributed by atoms with Gasteiger partial charge in [-0.1, -0.05) is 34.1 Å². The molecule has 0 saturated carbocycles. The molecule has 44 heavy (non-hydrogen) atoms. The summed E-state index contributed by atoms with van der Waals surface area (Å²) in [4.78, 5) is 44.1. The fourth-order valence-corrected chi connectivity index (χ4v) is 4.76. The highest BCUT2D eigenvalue weighted by atomic mass is 16.5. The fraction of sp³-hybridized carbons (Fsp3) is 0.500. The molecule has 1 unspecified atom stereocenters. The molecular weight excluding hydrogens is 566 g/mol. The van der Waals surface area contributed by atoms with E-state index in [9.17, 15) is 19.5 Å². The fourth-order valence-electron chi connectivity index (χ4n) is 4.76. The zero-order valence-corrected chi connectivity index (χ0v) is 26.2. The van der Waals surface area contributed by atoms with Gasteiger partial charge in [0.1, 0.15) is 11.5 Å². The van der Waals surface area contributed by atoms with Crippen LogP contribution in [-0.2, 0) is 16.8 Å². The number of aromatic nitrogens is 1. The van der Waals surface area contributed by atoms with Crippen LogP contribution in [0.5, 0.6) is 17.2 Å². The molecule has 236 valence electrons. The van der Waals surface area contributed by atoms with Gasteiger partial charge in [0.25, 0.3) is 5.91 Å². The van der Waals surface area contributed by atoms with E-state index in [4.69, 9.17) is 24.9 Å². The maximum atomic E-state index is 13.8. The number of amidine groups is 1. The van der Waals surface area contributed by atoms with Crippen molar-refractivity contribution in [3.63, 3.8) is 0 Å². The molecule has 3 N–H and O–H groups in total. The lowest BCUT2D eigenvalue weighted by Gasteiger charge is -2.28. The average molecular weight is 608 g/mol. The molecule has 12 heteroatoms. The number of hydrogen-bond acceptors (Lipinski definition) is 9. The molecule has 0 bridgehead atoms. The number of unbranched alkanes of at least 4 members (excludes halogenated alkanes) is 1. The Hall–Kier alpha value is -4.66. The third-order valence-corrected chi connectivity index (χ3v) is 7.01. The highest BCUT2D eigenvalue weighted by molar-refractivity contribution is 6.05. The standard InChI is InChI=1S/C32H41N5O7/c1-7-11-23(31(40)41)44-28-21(32(3,4)5)14-19(15-25(28)43-13-10-9-12-33)22(38)18-37-17-20-16-24(42-8-2)27(30(39)35-6)36-26(20)29(37)34/h14-16,23,34H,7-11,13,17-18H2,1-6H3,(H,35,39)(H,40,41). The van der Waals surface area contributed by atoms with E-state index in [1.807, 2.05) is 27.7 Å². The Bertz CT molecular complexity index is 1460. The maximum absolute atomic E-state index is 13.8. The summed E-state index contributed by atoms with van der Waals surface area (Å²) in [5.41, 5.74) is 1.37. The third kappa shape index (κ3) is 7.83. The number of rotatable bonds is 15. The SMILES string of the molecule is CCCC(Oc1c(OCCCC#N)cc(C(=O)CN2Cc3cc(OCC)c(C(=O)NC)nc3C2=N)cc1C(C)(C)C)C(=O)O. The number of nitrogens with zero attached hydrogens (tertiary/aromatic N) is 3. The lowest BCUT2D eigenvalue weighted by atomic mass is 9.84. The van der Waals surface area contributed by atoms with Crippen LogP contribution in [0, 0.1) is 16.7 Å². The number of aliphatic carboxylic acids is 1. The molecule has 1 aromatic carbocycles. The summed E-state index contributed by atoms with van der Waals surface area (Å²) in [6.45, 7) is 10.0. The molecule has 1 aliphatic rings. The van der Waals surface area contributed by atoms with Gasteiger partial charge >= 0.3 is 5.97 Å². The number of carbonyl (C=O) groups excluding carboxylic acids is 2. The number of benzene rings is 1. The van der Waals surface area contributed by atoms with E-state index in [0.29, 0.717) is 47.6 Å². The third-order valence-electron chi connectivity index (χ3n) is 7.01. The Balaban J connectivity index is 1.99. The van der Waals surface area contributed by atoms with Gasteiger partial charge in [-0.25, -0.2) is 9.78 Å². The predicted molar refractivity (Wildman–Crippen MR) is 163 cm³/mol. The highest BCUT2D eigenvalue weighted by Crippen LogP contribution is 2.41. The summed E-state index contributed by atoms with van der Waals surface area (Å²) >= 11 is 0. The average Bonchev–Trinajstić information content (AvgIpc) is 3.27. The molecule has 0 radical (unpaired) electrons. The summed E-state index contributed by atoms with van der Waals surface area (Å²) in [6, 6.07) is 6.97. The van der Waals surface area contributed by atoms with Crippen LogP contribution in [0.2, 0.25) is 0 Å². The number of Topliss-reactive ketones (excluding diaryl/α,β-unsaturated/α-hetero) is 1. The Labute approximate surface area is 257 Å². The van der Waals surface area contributed by atoms with Crippen molar-refractivity contribution in [3.8, 4) is 23.3 Å². The van der Waals surface area contributed by atoms with Crippen molar-refractivity contribution in [2.75, 3.05) is 26.8 Å². The van der Waals surface area contributed by atoms with Crippen molar-refractivity contribution >= 4 is 23.5 Å². The number of ketones is 1. The molecule has 0 aliphatic carbocycles. The minimum absolute atomic E-state index is 0.00870. The molecule has 3 rings (SSSR count). The molecule has 2 heterocycles. The van der Waals surface area contributed by atoms with E-state index in [0.717, 1.165) is 0 Å². The van der Waals surface area contributed by atoms with Gasteiger partial charge in [-0.2, -0.15) is 5.26 Å². The van der Waals surface area contributed by atoms with Crippen LogP contribution < -0.4 is 19.5 Å². The van der Waals surface area contributed by atoms with Crippen molar-refractivity contribution in [2.45, 2.75) is 78.4 Å². The minimum Gasteiger partial charge on any atom is -0.491 e. The Morgan fingerprint density at radius 3 is 2.50 bits per heavy atom. The van der Waals surface area contributed by atoms with E-state index < -0.39 is 23.4 Å². The molecule has 2 aromatic rings. The molecule has 1 aliphatic heterocycles. The summed E-state index contributed by atoms with van der Waals surface area (Å²) in [7, 11) is 1.48. The van der Waals surface area contributed by atoms with Gasteiger partial charge in [0.05, 0.1) is 25.8 Å². The smallest absolute Gasteiger partial charge is 0.344 e. The van der Waals surface area contributed by atoms with E-state index >= 15 is 0 Å². The van der Waals surface area contributed by atoms with Crippen molar-refractivity contribution in [1.29, 1.82) is 10.7 Å². The van der Waals surface area contributed by atoms with Crippen LogP contribution in [-0.4, -0.2) is 71.4 Å². The van der Waals surface area contributed by atoms with Crippen LogP contribution in [0.4, 0.5) is 0 Å². The zero-order chi connectivity index (χ0) is 32.6. The summed E-state index contributed by atoms with van der Waals surface area (Å²) < 4.78 is 17.7. The number of carboxylic acids is 1. The number of amides is 1. The van der Waals surface area contributed by atoms with Crippen LogP contribution in [0.25, 0.3) is 0 Å². The Kier molecular flexibility index (Phi) is 11.3. The van der Waals surface area contributed by atoms with Gasteiger partial charge in [0.15, 0.2) is 34.8 Å². The quantitative estimate of drug-likeness (QED) is 0.193. The molecule has 1 amide bonds. The van der Waals surface area contributed by atoms with E-state index in [1.54, 1.807) is 24.0 Å². The van der Waals surface area contributed by atoms with Gasteiger partial charge < -0.3 is 29.5 Å². The van der Waals surface area contributed by atoms with Crippen molar-refractivity contribution in [2.24, 2.45) is 0 Å². The molecular formula is C32H41N5O7. The molecule has 0 spiro atoms. The number of ether oxygens (including phenoxy) is 3. The van der Waals surface area contributed by atoms with Gasteiger partial charge in [-0.15, -0.1) is 0 Å². The summed E-state index contributed by atoms with van der Waals surface area (Å²) in [6.07, 6.45) is 0.473. The number of fused-ring (bicyclic) bond motifs is 1. The second-order valence-electron chi connectivity index (χ2n) is 11.4. The second-order valence-corrected chi connectivity index (χ2v) is 11.4.